The molecule has 0 unspecified atom stereocenters. The molecule has 0 aliphatic carbocycles. The summed E-state index contributed by atoms with van der Waals surface area (Å²) in [7, 11) is 0. The molecule has 1 N–H and O–H groups in total. The molecule has 14 heavy (non-hydrogen) atoms. The van der Waals surface area contributed by atoms with Gasteiger partial charge in [-0.3, -0.25) is 4.68 Å². The van der Waals surface area contributed by atoms with Crippen molar-refractivity contribution in [2.75, 3.05) is 5.43 Å². The second-order valence-electron chi connectivity index (χ2n) is 3.00. The molecule has 2 aromatic rings. The van der Waals surface area contributed by atoms with Gasteiger partial charge in [0.25, 0.3) is 0 Å². The summed E-state index contributed by atoms with van der Waals surface area (Å²) in [5, 5.41) is 1.20. The van der Waals surface area contributed by atoms with Crippen molar-refractivity contribution in [3.63, 3.8) is 0 Å². The van der Waals surface area contributed by atoms with Crippen LogP contribution in [-0.4, -0.2) is 9.66 Å². The zero-order chi connectivity index (χ0) is 9.80. The summed E-state index contributed by atoms with van der Waals surface area (Å²) in [5.41, 5.74) is 3.27. The van der Waals surface area contributed by atoms with Crippen LogP contribution >= 0.6 is 11.3 Å². The maximum Gasteiger partial charge on any atom is 0.0925 e. The van der Waals surface area contributed by atoms with E-state index in [-0.39, 0.29) is 0 Å². The van der Waals surface area contributed by atoms with E-state index in [4.69, 9.17) is 0 Å². The SMILES string of the molecule is CCc1ncc(CNn2cccc2)s1. The summed E-state index contributed by atoms with van der Waals surface area (Å²) >= 11 is 1.77. The maximum atomic E-state index is 4.30. The maximum absolute atomic E-state index is 4.30. The first-order chi connectivity index (χ1) is 6.88. The predicted octanol–water partition coefficient (Wildman–Crippen LogP) is 2.25. The summed E-state index contributed by atoms with van der Waals surface area (Å²) in [6.45, 7) is 2.97. The molecular weight excluding hydrogens is 194 g/mol. The van der Waals surface area contributed by atoms with E-state index in [1.807, 2.05) is 35.4 Å². The normalized spacial score (nSPS) is 10.4. The van der Waals surface area contributed by atoms with Crippen molar-refractivity contribution in [2.24, 2.45) is 0 Å². The zero-order valence-electron chi connectivity index (χ0n) is 8.10. The molecule has 0 saturated heterocycles. The molecule has 0 amide bonds. The van der Waals surface area contributed by atoms with E-state index in [1.54, 1.807) is 11.3 Å². The molecule has 0 saturated carbocycles. The standard InChI is InChI=1S/C10H13N3S/c1-2-10-11-7-9(14-10)8-12-13-5-3-4-6-13/h3-7,12H,2,8H2,1H3. The number of hydrogen-bond acceptors (Lipinski definition) is 3. The van der Waals surface area contributed by atoms with Crippen LogP contribution in [0.3, 0.4) is 0 Å². The fourth-order valence-electron chi connectivity index (χ4n) is 1.20. The van der Waals surface area contributed by atoms with Gasteiger partial charge in [0.05, 0.1) is 11.6 Å². The summed E-state index contributed by atoms with van der Waals surface area (Å²) < 4.78 is 1.95. The first kappa shape index (κ1) is 9.27. The lowest BCUT2D eigenvalue weighted by atomic mass is 10.5. The topological polar surface area (TPSA) is 29.9 Å². The van der Waals surface area contributed by atoms with Crippen LogP contribution in [-0.2, 0) is 13.0 Å². The molecule has 0 bridgehead atoms. The Labute approximate surface area is 87.4 Å². The molecule has 2 rings (SSSR count). The van der Waals surface area contributed by atoms with E-state index in [9.17, 15) is 0 Å². The van der Waals surface area contributed by atoms with Crippen molar-refractivity contribution in [3.8, 4) is 0 Å². The zero-order valence-corrected chi connectivity index (χ0v) is 8.92. The van der Waals surface area contributed by atoms with Gasteiger partial charge in [0.1, 0.15) is 0 Å². The molecular formula is C10H13N3S. The molecule has 2 aromatic heterocycles. The Morgan fingerprint density at radius 1 is 1.43 bits per heavy atom. The lowest BCUT2D eigenvalue weighted by Crippen LogP contribution is -2.10. The van der Waals surface area contributed by atoms with Crippen LogP contribution in [0.1, 0.15) is 16.8 Å². The van der Waals surface area contributed by atoms with Gasteiger partial charge in [-0.15, -0.1) is 11.3 Å². The van der Waals surface area contributed by atoms with Crippen LogP contribution in [0.4, 0.5) is 0 Å². The minimum absolute atomic E-state index is 0.840. The third-order valence-electron chi connectivity index (χ3n) is 1.94. The lowest BCUT2D eigenvalue weighted by molar-refractivity contribution is 0.854. The number of rotatable bonds is 4. The van der Waals surface area contributed by atoms with Gasteiger partial charge in [0.15, 0.2) is 0 Å². The third-order valence-corrected chi connectivity index (χ3v) is 3.09. The van der Waals surface area contributed by atoms with E-state index in [2.05, 4.69) is 17.3 Å². The fourth-order valence-corrected chi connectivity index (χ4v) is 2.00. The molecule has 0 fully saturated rings. The summed E-state index contributed by atoms with van der Waals surface area (Å²) in [6, 6.07) is 3.99. The Morgan fingerprint density at radius 3 is 2.86 bits per heavy atom. The molecule has 0 atom stereocenters. The quantitative estimate of drug-likeness (QED) is 0.833. The van der Waals surface area contributed by atoms with Crippen LogP contribution in [0, 0.1) is 0 Å². The number of aryl methyl sites for hydroxylation is 1. The minimum Gasteiger partial charge on any atom is -0.321 e. The van der Waals surface area contributed by atoms with Crippen molar-refractivity contribution in [3.05, 3.63) is 40.6 Å². The lowest BCUT2D eigenvalue weighted by Gasteiger charge is -2.04. The number of aromatic nitrogens is 2. The minimum atomic E-state index is 0.840. The average molecular weight is 207 g/mol. The number of nitrogens with zero attached hydrogens (tertiary/aromatic N) is 2. The van der Waals surface area contributed by atoms with Gasteiger partial charge in [0.2, 0.25) is 0 Å². The average Bonchev–Trinajstić information content (AvgIpc) is 2.86. The van der Waals surface area contributed by atoms with Crippen LogP contribution in [0.5, 0.6) is 0 Å². The molecule has 0 radical (unpaired) electrons. The highest BCUT2D eigenvalue weighted by Gasteiger charge is 1.98. The highest BCUT2D eigenvalue weighted by molar-refractivity contribution is 7.11. The number of nitrogens with one attached hydrogen (secondary N) is 1. The highest BCUT2D eigenvalue weighted by Crippen LogP contribution is 2.12. The third kappa shape index (κ3) is 2.14. The van der Waals surface area contributed by atoms with Gasteiger partial charge in [-0.25, -0.2) is 4.98 Å². The molecule has 0 aliphatic rings. The Hall–Kier alpha value is -1.29. The van der Waals surface area contributed by atoms with E-state index in [1.165, 1.54) is 9.88 Å². The van der Waals surface area contributed by atoms with Crippen LogP contribution in [0.15, 0.2) is 30.7 Å². The van der Waals surface area contributed by atoms with Gasteiger partial charge >= 0.3 is 0 Å². The number of hydrogen-bond donors (Lipinski definition) is 1. The first-order valence-corrected chi connectivity index (χ1v) is 5.50. The Kier molecular flexibility index (Phi) is 2.84. The van der Waals surface area contributed by atoms with Gasteiger partial charge in [0, 0.05) is 23.5 Å². The summed E-state index contributed by atoms with van der Waals surface area (Å²) in [5.74, 6) is 0. The van der Waals surface area contributed by atoms with Crippen LogP contribution < -0.4 is 5.43 Å². The van der Waals surface area contributed by atoms with Crippen LogP contribution in [0.25, 0.3) is 0 Å². The van der Waals surface area contributed by atoms with Gasteiger partial charge in [-0.05, 0) is 18.6 Å². The molecule has 0 aromatic carbocycles. The van der Waals surface area contributed by atoms with Gasteiger partial charge in [-0.2, -0.15) is 0 Å². The Balaban J connectivity index is 1.92. The van der Waals surface area contributed by atoms with Crippen molar-refractivity contribution in [1.29, 1.82) is 0 Å². The Bertz CT molecular complexity index is 378. The molecule has 0 aliphatic heterocycles. The molecule has 0 spiro atoms. The summed E-state index contributed by atoms with van der Waals surface area (Å²) in [4.78, 5) is 5.58. The highest BCUT2D eigenvalue weighted by atomic mass is 32.1. The van der Waals surface area contributed by atoms with Crippen molar-refractivity contribution >= 4 is 11.3 Å². The van der Waals surface area contributed by atoms with Crippen molar-refractivity contribution in [2.45, 2.75) is 19.9 Å². The summed E-state index contributed by atoms with van der Waals surface area (Å²) in [6.07, 6.45) is 6.94. The van der Waals surface area contributed by atoms with Crippen molar-refractivity contribution < 1.29 is 0 Å². The molecule has 3 nitrogen and oxygen atoms in total. The van der Waals surface area contributed by atoms with Gasteiger partial charge in [-0.1, -0.05) is 6.92 Å². The van der Waals surface area contributed by atoms with Gasteiger partial charge < -0.3 is 5.43 Å². The molecule has 2 heterocycles. The smallest absolute Gasteiger partial charge is 0.0925 e. The molecule has 74 valence electrons. The largest absolute Gasteiger partial charge is 0.321 e. The molecule has 4 heteroatoms. The van der Waals surface area contributed by atoms with E-state index < -0.39 is 0 Å². The Morgan fingerprint density at radius 2 is 2.21 bits per heavy atom. The van der Waals surface area contributed by atoms with Crippen molar-refractivity contribution in [1.82, 2.24) is 9.66 Å². The fraction of sp³-hybridized carbons (Fsp3) is 0.300. The second kappa shape index (κ2) is 4.28. The van der Waals surface area contributed by atoms with E-state index in [0.717, 1.165) is 13.0 Å². The van der Waals surface area contributed by atoms with E-state index in [0.29, 0.717) is 0 Å². The van der Waals surface area contributed by atoms with E-state index >= 15 is 0 Å². The predicted molar refractivity (Wildman–Crippen MR) is 59.0 cm³/mol. The second-order valence-corrected chi connectivity index (χ2v) is 4.20. The number of thiazole rings is 1. The van der Waals surface area contributed by atoms with Crippen LogP contribution in [0.2, 0.25) is 0 Å². The monoisotopic (exact) mass is 207 g/mol. The first-order valence-electron chi connectivity index (χ1n) is 4.69.